The summed E-state index contributed by atoms with van der Waals surface area (Å²) in [7, 11) is 0. The molecule has 0 unspecified atom stereocenters. The molecule has 0 radical (unpaired) electrons. The number of hydrogen-bond donors (Lipinski definition) is 3. The molecule has 0 aliphatic rings. The second-order valence-corrected chi connectivity index (χ2v) is 4.72. The summed E-state index contributed by atoms with van der Waals surface area (Å²) in [5.41, 5.74) is 0.640. The van der Waals surface area contributed by atoms with Crippen LogP contribution in [-0.4, -0.2) is 51.2 Å². The van der Waals surface area contributed by atoms with Crippen LogP contribution in [0, 0.1) is 6.92 Å². The van der Waals surface area contributed by atoms with Gasteiger partial charge in [0.2, 0.25) is 0 Å². The molecule has 1 aromatic heterocycles. The summed E-state index contributed by atoms with van der Waals surface area (Å²) in [5, 5.41) is 22.2. The number of urea groups is 1. The molecule has 1 rings (SSSR count). The van der Waals surface area contributed by atoms with Gasteiger partial charge in [0.1, 0.15) is 13.1 Å². The highest BCUT2D eigenvalue weighted by Crippen LogP contribution is 2.07. The number of hydrogen-bond acceptors (Lipinski definition) is 5. The molecule has 0 aliphatic carbocycles. The van der Waals surface area contributed by atoms with E-state index in [1.807, 2.05) is 6.92 Å². The first-order valence-corrected chi connectivity index (χ1v) is 6.14. The zero-order valence-electron chi connectivity index (χ0n) is 10.1. The Labute approximate surface area is 112 Å². The summed E-state index contributed by atoms with van der Waals surface area (Å²) >= 11 is 1.42. The maximum absolute atomic E-state index is 11.7. The lowest BCUT2D eigenvalue weighted by Crippen LogP contribution is -2.45. The van der Waals surface area contributed by atoms with Crippen LogP contribution in [0.3, 0.4) is 0 Å². The fraction of sp³-hybridized carbons (Fsp3) is 0.400. The predicted octanol–water partition coefficient (Wildman–Crippen LogP) is 0.132. The van der Waals surface area contributed by atoms with Crippen molar-refractivity contribution in [2.45, 2.75) is 13.5 Å². The van der Waals surface area contributed by atoms with E-state index >= 15 is 0 Å². The van der Waals surface area contributed by atoms with Gasteiger partial charge in [-0.1, -0.05) is 0 Å². The van der Waals surface area contributed by atoms with Crippen LogP contribution >= 0.6 is 11.3 Å². The van der Waals surface area contributed by atoms with Gasteiger partial charge in [-0.05, 0) is 6.92 Å². The Morgan fingerprint density at radius 3 is 2.32 bits per heavy atom. The van der Waals surface area contributed by atoms with E-state index in [0.717, 1.165) is 5.01 Å². The monoisotopic (exact) mass is 287 g/mol. The number of carboxylic acid groups (broad SMARTS) is 2. The van der Waals surface area contributed by atoms with Gasteiger partial charge in [0, 0.05) is 5.38 Å². The number of aliphatic carboxylic acids is 2. The van der Waals surface area contributed by atoms with Gasteiger partial charge in [0.05, 0.1) is 17.2 Å². The van der Waals surface area contributed by atoms with E-state index < -0.39 is 31.1 Å². The van der Waals surface area contributed by atoms with Crippen molar-refractivity contribution < 1.29 is 24.6 Å². The molecule has 9 heteroatoms. The lowest BCUT2D eigenvalue weighted by Gasteiger charge is -2.18. The summed E-state index contributed by atoms with van der Waals surface area (Å²) in [6.07, 6.45) is 0. The van der Waals surface area contributed by atoms with Gasteiger partial charge in [-0.15, -0.1) is 11.3 Å². The number of thiazole rings is 1. The molecule has 0 fully saturated rings. The van der Waals surface area contributed by atoms with Crippen LogP contribution in [-0.2, 0) is 16.1 Å². The van der Waals surface area contributed by atoms with Crippen molar-refractivity contribution >= 4 is 29.3 Å². The lowest BCUT2D eigenvalue weighted by molar-refractivity contribution is -0.140. The minimum atomic E-state index is -1.28. The molecule has 0 saturated heterocycles. The minimum Gasteiger partial charge on any atom is -0.480 e. The van der Waals surface area contributed by atoms with Crippen molar-refractivity contribution in [3.63, 3.8) is 0 Å². The number of carboxylic acids is 2. The summed E-state index contributed by atoms with van der Waals surface area (Å²) in [6, 6.07) is -0.754. The number of rotatable bonds is 6. The molecule has 2 amide bonds. The average Bonchev–Trinajstić information content (AvgIpc) is 2.70. The minimum absolute atomic E-state index is 0.124. The molecule has 104 valence electrons. The van der Waals surface area contributed by atoms with E-state index in [9.17, 15) is 14.4 Å². The molecule has 1 heterocycles. The summed E-state index contributed by atoms with van der Waals surface area (Å²) < 4.78 is 0. The fourth-order valence-electron chi connectivity index (χ4n) is 1.29. The molecule has 0 saturated carbocycles. The Morgan fingerprint density at radius 2 is 1.89 bits per heavy atom. The van der Waals surface area contributed by atoms with E-state index in [4.69, 9.17) is 10.2 Å². The van der Waals surface area contributed by atoms with Gasteiger partial charge in [-0.2, -0.15) is 0 Å². The third-order valence-corrected chi connectivity index (χ3v) is 2.85. The zero-order chi connectivity index (χ0) is 14.4. The van der Waals surface area contributed by atoms with E-state index in [-0.39, 0.29) is 6.54 Å². The second kappa shape index (κ2) is 6.69. The third-order valence-electron chi connectivity index (χ3n) is 2.03. The first-order valence-electron chi connectivity index (χ1n) is 5.26. The predicted molar refractivity (Wildman–Crippen MR) is 65.9 cm³/mol. The van der Waals surface area contributed by atoms with Crippen molar-refractivity contribution in [1.29, 1.82) is 0 Å². The molecule has 0 spiro atoms. The van der Waals surface area contributed by atoms with Crippen LogP contribution < -0.4 is 5.32 Å². The van der Waals surface area contributed by atoms with Gasteiger partial charge in [0.15, 0.2) is 0 Å². The van der Waals surface area contributed by atoms with Gasteiger partial charge in [-0.25, -0.2) is 9.78 Å². The summed E-state index contributed by atoms with van der Waals surface area (Å²) in [4.78, 5) is 37.6. The van der Waals surface area contributed by atoms with Crippen LogP contribution in [0.15, 0.2) is 5.38 Å². The fourth-order valence-corrected chi connectivity index (χ4v) is 1.91. The van der Waals surface area contributed by atoms with Crippen LogP contribution in [0.4, 0.5) is 4.79 Å². The molecule has 19 heavy (non-hydrogen) atoms. The van der Waals surface area contributed by atoms with Crippen molar-refractivity contribution in [1.82, 2.24) is 15.2 Å². The maximum Gasteiger partial charge on any atom is 0.323 e. The number of nitrogens with one attached hydrogen (secondary N) is 1. The first-order chi connectivity index (χ1) is 8.88. The van der Waals surface area contributed by atoms with Crippen LogP contribution in [0.25, 0.3) is 0 Å². The lowest BCUT2D eigenvalue weighted by atomic mass is 10.4. The second-order valence-electron chi connectivity index (χ2n) is 3.66. The normalized spacial score (nSPS) is 9.95. The molecule has 0 aliphatic heterocycles. The molecular weight excluding hydrogens is 274 g/mol. The molecule has 8 nitrogen and oxygen atoms in total. The Kier molecular flexibility index (Phi) is 5.24. The van der Waals surface area contributed by atoms with E-state index in [2.05, 4.69) is 10.3 Å². The standard InChI is InChI=1S/C10H13N3O5S/c1-6-12-7(5-19-6)2-11-10(18)13(3-8(14)15)4-9(16)17/h5H,2-4H2,1H3,(H,11,18)(H,14,15)(H,16,17). The van der Waals surface area contributed by atoms with Gasteiger partial charge in [-0.3, -0.25) is 9.59 Å². The molecule has 0 bridgehead atoms. The largest absolute Gasteiger partial charge is 0.480 e. The Balaban J connectivity index is 2.55. The van der Waals surface area contributed by atoms with Gasteiger partial charge < -0.3 is 20.4 Å². The van der Waals surface area contributed by atoms with Crippen molar-refractivity contribution in [2.24, 2.45) is 0 Å². The van der Waals surface area contributed by atoms with E-state index in [1.165, 1.54) is 11.3 Å². The number of nitrogens with zero attached hydrogens (tertiary/aromatic N) is 2. The highest BCUT2D eigenvalue weighted by atomic mass is 32.1. The van der Waals surface area contributed by atoms with Crippen molar-refractivity contribution in [2.75, 3.05) is 13.1 Å². The van der Waals surface area contributed by atoms with Crippen molar-refractivity contribution in [3.05, 3.63) is 16.1 Å². The average molecular weight is 287 g/mol. The number of carbonyl (C=O) groups excluding carboxylic acids is 1. The molecule has 3 N–H and O–H groups in total. The number of aromatic nitrogens is 1. The zero-order valence-corrected chi connectivity index (χ0v) is 10.9. The molecule has 1 aromatic rings. The van der Waals surface area contributed by atoms with Crippen molar-refractivity contribution in [3.8, 4) is 0 Å². The SMILES string of the molecule is Cc1nc(CNC(=O)N(CC(=O)O)CC(=O)O)cs1. The smallest absolute Gasteiger partial charge is 0.323 e. The summed E-state index contributed by atoms with van der Waals surface area (Å²) in [5.74, 6) is -2.55. The Bertz CT molecular complexity index is 471. The Morgan fingerprint density at radius 1 is 1.32 bits per heavy atom. The third kappa shape index (κ3) is 5.34. The number of carbonyl (C=O) groups is 3. The molecule has 0 aromatic carbocycles. The first kappa shape index (κ1) is 14.9. The molecular formula is C10H13N3O5S. The number of amides is 2. The van der Waals surface area contributed by atoms with Crippen LogP contribution in [0.2, 0.25) is 0 Å². The maximum atomic E-state index is 11.7. The molecule has 0 atom stereocenters. The number of aryl methyl sites for hydroxylation is 1. The van der Waals surface area contributed by atoms with Crippen LogP contribution in [0.1, 0.15) is 10.7 Å². The van der Waals surface area contributed by atoms with Crippen LogP contribution in [0.5, 0.6) is 0 Å². The highest BCUT2D eigenvalue weighted by Gasteiger charge is 2.19. The van der Waals surface area contributed by atoms with Gasteiger partial charge in [0.25, 0.3) is 0 Å². The topological polar surface area (TPSA) is 120 Å². The Hall–Kier alpha value is -2.16. The highest BCUT2D eigenvalue weighted by molar-refractivity contribution is 7.09. The van der Waals surface area contributed by atoms with Gasteiger partial charge >= 0.3 is 18.0 Å². The van der Waals surface area contributed by atoms with E-state index in [1.54, 1.807) is 5.38 Å². The van der Waals surface area contributed by atoms with E-state index in [0.29, 0.717) is 10.6 Å². The summed E-state index contributed by atoms with van der Waals surface area (Å²) in [6.45, 7) is 0.596. The quantitative estimate of drug-likeness (QED) is 0.684.